The maximum atomic E-state index is 12.4. The molecular weight excluding hydrogens is 340 g/mol. The van der Waals surface area contributed by atoms with Gasteiger partial charge in [0.25, 0.3) is 10.0 Å². The SMILES string of the molecule is C/C(=N\NS(=O)(=O)c1ccc2ccccc2c1)c1cc(O)ccc1O. The summed E-state index contributed by atoms with van der Waals surface area (Å²) in [5.41, 5.74) is 0.457. The molecule has 0 aliphatic heterocycles. The number of hydrogen-bond donors (Lipinski definition) is 3. The van der Waals surface area contributed by atoms with Gasteiger partial charge in [0.05, 0.1) is 10.6 Å². The Kier molecular flexibility index (Phi) is 4.33. The van der Waals surface area contributed by atoms with Crippen LogP contribution in [0.3, 0.4) is 0 Å². The lowest BCUT2D eigenvalue weighted by atomic mass is 10.1. The second kappa shape index (κ2) is 6.45. The Balaban J connectivity index is 1.91. The topological polar surface area (TPSA) is 99.0 Å². The van der Waals surface area contributed by atoms with Crippen molar-refractivity contribution in [3.8, 4) is 11.5 Å². The van der Waals surface area contributed by atoms with Crippen LogP contribution in [0.5, 0.6) is 11.5 Å². The second-order valence-electron chi connectivity index (χ2n) is 5.50. The van der Waals surface area contributed by atoms with Gasteiger partial charge in [0.1, 0.15) is 11.5 Å². The van der Waals surface area contributed by atoms with Crippen LogP contribution >= 0.6 is 0 Å². The zero-order valence-electron chi connectivity index (χ0n) is 13.3. The van der Waals surface area contributed by atoms with Crippen molar-refractivity contribution in [2.75, 3.05) is 0 Å². The number of hydrogen-bond acceptors (Lipinski definition) is 5. The van der Waals surface area contributed by atoms with Gasteiger partial charge >= 0.3 is 0 Å². The molecule has 0 aliphatic rings. The van der Waals surface area contributed by atoms with E-state index in [2.05, 4.69) is 9.93 Å². The minimum atomic E-state index is -3.86. The highest BCUT2D eigenvalue weighted by Gasteiger charge is 2.14. The van der Waals surface area contributed by atoms with Crippen molar-refractivity contribution in [2.24, 2.45) is 5.10 Å². The molecule has 7 heteroatoms. The third-order valence-electron chi connectivity index (χ3n) is 3.73. The highest BCUT2D eigenvalue weighted by Crippen LogP contribution is 2.23. The molecule has 0 atom stereocenters. The zero-order chi connectivity index (χ0) is 18.0. The largest absolute Gasteiger partial charge is 0.508 e. The van der Waals surface area contributed by atoms with Crippen LogP contribution in [-0.2, 0) is 10.0 Å². The van der Waals surface area contributed by atoms with E-state index in [1.165, 1.54) is 31.2 Å². The van der Waals surface area contributed by atoms with Crippen molar-refractivity contribution >= 4 is 26.5 Å². The first-order chi connectivity index (χ1) is 11.9. The summed E-state index contributed by atoms with van der Waals surface area (Å²) in [4.78, 5) is 2.24. The Morgan fingerprint density at radius 3 is 2.44 bits per heavy atom. The first-order valence-corrected chi connectivity index (χ1v) is 8.92. The minimum Gasteiger partial charge on any atom is -0.508 e. The molecule has 3 aromatic carbocycles. The van der Waals surface area contributed by atoms with Gasteiger partial charge in [-0.15, -0.1) is 0 Å². The summed E-state index contributed by atoms with van der Waals surface area (Å²) in [5, 5.41) is 24.9. The molecule has 3 N–H and O–H groups in total. The van der Waals surface area contributed by atoms with Gasteiger partial charge in [-0.1, -0.05) is 30.3 Å². The van der Waals surface area contributed by atoms with Crippen LogP contribution in [0.2, 0.25) is 0 Å². The molecule has 6 nitrogen and oxygen atoms in total. The summed E-state index contributed by atoms with van der Waals surface area (Å²) in [6, 6.07) is 16.2. The third kappa shape index (κ3) is 3.56. The van der Waals surface area contributed by atoms with Gasteiger partial charge in [0.15, 0.2) is 0 Å². The Bertz CT molecular complexity index is 1080. The molecular formula is C18H16N2O4S. The molecule has 0 spiro atoms. The molecule has 25 heavy (non-hydrogen) atoms. The summed E-state index contributed by atoms with van der Waals surface area (Å²) >= 11 is 0. The van der Waals surface area contributed by atoms with Gasteiger partial charge < -0.3 is 10.2 Å². The van der Waals surface area contributed by atoms with E-state index in [1.807, 2.05) is 24.3 Å². The summed E-state index contributed by atoms with van der Waals surface area (Å²) < 4.78 is 24.9. The van der Waals surface area contributed by atoms with E-state index in [-0.39, 0.29) is 27.7 Å². The van der Waals surface area contributed by atoms with Crippen LogP contribution in [-0.4, -0.2) is 24.3 Å². The smallest absolute Gasteiger partial charge is 0.276 e. The molecule has 0 radical (unpaired) electrons. The van der Waals surface area contributed by atoms with E-state index in [1.54, 1.807) is 12.1 Å². The summed E-state index contributed by atoms with van der Waals surface area (Å²) in [6.45, 7) is 1.53. The average Bonchev–Trinajstić information content (AvgIpc) is 2.61. The number of phenolic OH excluding ortho intramolecular Hbond substituents is 2. The van der Waals surface area contributed by atoms with Gasteiger partial charge in [-0.2, -0.15) is 18.4 Å². The fourth-order valence-electron chi connectivity index (χ4n) is 2.39. The molecule has 0 amide bonds. The number of sulfonamides is 1. The van der Waals surface area contributed by atoms with E-state index in [0.29, 0.717) is 0 Å². The normalized spacial score (nSPS) is 12.3. The predicted octanol–water partition coefficient (Wildman–Crippen LogP) is 2.95. The van der Waals surface area contributed by atoms with Crippen LogP contribution in [0.4, 0.5) is 0 Å². The Morgan fingerprint density at radius 1 is 0.960 bits per heavy atom. The highest BCUT2D eigenvalue weighted by atomic mass is 32.2. The summed E-state index contributed by atoms with van der Waals surface area (Å²) in [6.07, 6.45) is 0. The van der Waals surface area contributed by atoms with Gasteiger partial charge in [-0.25, -0.2) is 0 Å². The monoisotopic (exact) mass is 356 g/mol. The van der Waals surface area contributed by atoms with Gasteiger partial charge in [-0.05, 0) is 48.0 Å². The number of rotatable bonds is 4. The van der Waals surface area contributed by atoms with Crippen LogP contribution in [0.25, 0.3) is 10.8 Å². The van der Waals surface area contributed by atoms with Crippen molar-refractivity contribution in [3.63, 3.8) is 0 Å². The summed E-state index contributed by atoms with van der Waals surface area (Å²) in [5.74, 6) is -0.163. The molecule has 0 aromatic heterocycles. The molecule has 0 heterocycles. The van der Waals surface area contributed by atoms with Crippen LogP contribution in [0.1, 0.15) is 12.5 Å². The number of fused-ring (bicyclic) bond motifs is 1. The number of nitrogens with zero attached hydrogens (tertiary/aromatic N) is 1. The quantitative estimate of drug-likeness (QED) is 0.380. The fourth-order valence-corrected chi connectivity index (χ4v) is 3.28. The number of benzene rings is 3. The molecule has 0 aliphatic carbocycles. The molecule has 3 aromatic rings. The molecule has 3 rings (SSSR count). The number of aromatic hydroxyl groups is 2. The third-order valence-corrected chi connectivity index (χ3v) is 4.94. The average molecular weight is 356 g/mol. The molecule has 0 fully saturated rings. The van der Waals surface area contributed by atoms with Crippen molar-refractivity contribution in [2.45, 2.75) is 11.8 Å². The molecule has 0 saturated carbocycles. The Morgan fingerprint density at radius 2 is 1.68 bits per heavy atom. The van der Waals surface area contributed by atoms with Gasteiger partial charge in [-0.3, -0.25) is 0 Å². The van der Waals surface area contributed by atoms with Crippen molar-refractivity contribution in [1.29, 1.82) is 0 Å². The highest BCUT2D eigenvalue weighted by molar-refractivity contribution is 7.89. The maximum Gasteiger partial charge on any atom is 0.276 e. The minimum absolute atomic E-state index is 0.0558. The lowest BCUT2D eigenvalue weighted by Gasteiger charge is -2.08. The molecule has 0 unspecified atom stereocenters. The Labute approximate surface area is 145 Å². The molecule has 0 saturated heterocycles. The first kappa shape index (κ1) is 16.8. The van der Waals surface area contributed by atoms with E-state index in [0.717, 1.165) is 10.8 Å². The number of nitrogens with one attached hydrogen (secondary N) is 1. The van der Waals surface area contributed by atoms with Crippen molar-refractivity contribution in [1.82, 2.24) is 4.83 Å². The lowest BCUT2D eigenvalue weighted by molar-refractivity contribution is 0.459. The van der Waals surface area contributed by atoms with Gasteiger partial charge in [0.2, 0.25) is 0 Å². The van der Waals surface area contributed by atoms with E-state index < -0.39 is 10.0 Å². The maximum absolute atomic E-state index is 12.4. The van der Waals surface area contributed by atoms with Gasteiger partial charge in [0, 0.05) is 5.56 Å². The van der Waals surface area contributed by atoms with E-state index in [4.69, 9.17) is 0 Å². The van der Waals surface area contributed by atoms with Crippen molar-refractivity contribution < 1.29 is 18.6 Å². The second-order valence-corrected chi connectivity index (χ2v) is 7.16. The van der Waals surface area contributed by atoms with Crippen molar-refractivity contribution in [3.05, 3.63) is 66.2 Å². The zero-order valence-corrected chi connectivity index (χ0v) is 14.2. The van der Waals surface area contributed by atoms with Crippen LogP contribution in [0.15, 0.2) is 70.7 Å². The number of hydrazone groups is 1. The predicted molar refractivity (Wildman–Crippen MR) is 96.3 cm³/mol. The first-order valence-electron chi connectivity index (χ1n) is 7.44. The Hall–Kier alpha value is -3.06. The molecule has 0 bridgehead atoms. The lowest BCUT2D eigenvalue weighted by Crippen LogP contribution is -2.20. The van der Waals surface area contributed by atoms with E-state index >= 15 is 0 Å². The summed E-state index contributed by atoms with van der Waals surface area (Å²) in [7, 11) is -3.86. The van der Waals surface area contributed by atoms with Crippen LogP contribution in [0, 0.1) is 0 Å². The van der Waals surface area contributed by atoms with E-state index in [9.17, 15) is 18.6 Å². The fraction of sp³-hybridized carbons (Fsp3) is 0.0556. The number of phenols is 2. The molecule has 128 valence electrons. The van der Waals surface area contributed by atoms with Crippen LogP contribution < -0.4 is 4.83 Å². The standard InChI is InChI=1S/C18H16N2O4S/c1-12(17-11-15(21)7-9-18(17)22)19-20-25(23,24)16-8-6-13-4-2-3-5-14(13)10-16/h2-11,20-22H,1H3/b19-12+.